The lowest BCUT2D eigenvalue weighted by Gasteiger charge is -2.26. The average molecular weight is 453 g/mol. The van der Waals surface area contributed by atoms with Crippen LogP contribution >= 0.6 is 23.8 Å². The number of fused-ring (bicyclic) bond motifs is 1. The molecule has 0 bridgehead atoms. The molecule has 0 saturated carbocycles. The lowest BCUT2D eigenvalue weighted by atomic mass is 10.1. The molecule has 6 nitrogen and oxygen atoms in total. The van der Waals surface area contributed by atoms with Crippen LogP contribution in [0.15, 0.2) is 48.5 Å². The highest BCUT2D eigenvalue weighted by Crippen LogP contribution is 2.26. The van der Waals surface area contributed by atoms with Gasteiger partial charge in [0.15, 0.2) is 10.6 Å². The highest BCUT2D eigenvalue weighted by molar-refractivity contribution is 7.71. The van der Waals surface area contributed by atoms with Crippen molar-refractivity contribution in [3.63, 3.8) is 0 Å². The van der Waals surface area contributed by atoms with Crippen molar-refractivity contribution in [1.82, 2.24) is 29.2 Å². The molecule has 1 N–H and O–H groups in total. The monoisotopic (exact) mass is 452 g/mol. The molecule has 4 aromatic rings. The van der Waals surface area contributed by atoms with Crippen molar-refractivity contribution in [2.75, 3.05) is 19.6 Å². The second-order valence-electron chi connectivity index (χ2n) is 8.02. The maximum absolute atomic E-state index is 6.11. The third-order valence-corrected chi connectivity index (χ3v) is 6.55. The molecule has 31 heavy (non-hydrogen) atoms. The second-order valence-corrected chi connectivity index (χ2v) is 8.84. The Hall–Kier alpha value is -2.48. The van der Waals surface area contributed by atoms with Crippen LogP contribution in [0.3, 0.4) is 0 Å². The van der Waals surface area contributed by atoms with Crippen LogP contribution in [0.2, 0.25) is 5.02 Å². The third kappa shape index (κ3) is 4.31. The zero-order valence-electron chi connectivity index (χ0n) is 17.3. The molecule has 0 aliphatic carbocycles. The highest BCUT2D eigenvalue weighted by atomic mass is 35.5. The van der Waals surface area contributed by atoms with Crippen LogP contribution < -0.4 is 0 Å². The molecular formula is C23H25ClN6S. The molecule has 1 aliphatic heterocycles. The van der Waals surface area contributed by atoms with Crippen molar-refractivity contribution in [3.05, 3.63) is 64.1 Å². The fraction of sp³-hybridized carbons (Fsp3) is 0.348. The Balaban J connectivity index is 1.49. The van der Waals surface area contributed by atoms with Gasteiger partial charge in [-0.3, -0.25) is 5.10 Å². The molecule has 1 saturated heterocycles. The maximum Gasteiger partial charge on any atom is 0.195 e. The Labute approximate surface area is 191 Å². The number of aromatic nitrogens is 5. The number of imidazole rings is 1. The standard InChI is InChI=1S/C23H25ClN6S/c24-18-10-8-17(9-11-18)22-25-19-6-2-3-7-20(19)30(22)16-21-26-27-23(31)29(21)15-14-28-12-4-1-5-13-28/h2-3,6-11H,1,4-5,12-16H2,(H,27,31). The Morgan fingerprint density at radius 2 is 1.71 bits per heavy atom. The van der Waals surface area contributed by atoms with Gasteiger partial charge in [0.2, 0.25) is 0 Å². The Kier molecular flexibility index (Phi) is 5.89. The van der Waals surface area contributed by atoms with E-state index in [1.165, 1.54) is 32.4 Å². The molecule has 160 valence electrons. The van der Waals surface area contributed by atoms with Gasteiger partial charge in [0.25, 0.3) is 0 Å². The number of nitrogens with one attached hydrogen (secondary N) is 1. The summed E-state index contributed by atoms with van der Waals surface area (Å²) in [5.74, 6) is 1.81. The first-order valence-corrected chi connectivity index (χ1v) is 11.6. The van der Waals surface area contributed by atoms with Gasteiger partial charge in [-0.2, -0.15) is 5.10 Å². The van der Waals surface area contributed by atoms with E-state index in [1.807, 2.05) is 42.5 Å². The van der Waals surface area contributed by atoms with Crippen LogP contribution in [0.1, 0.15) is 25.1 Å². The van der Waals surface area contributed by atoms with Gasteiger partial charge in [-0.15, -0.1) is 0 Å². The number of likely N-dealkylation sites (tertiary alicyclic amines) is 1. The number of para-hydroxylation sites is 2. The molecule has 2 aromatic heterocycles. The average Bonchev–Trinajstić information content (AvgIpc) is 3.34. The molecule has 8 heteroatoms. The SMILES string of the molecule is S=c1[nH]nc(Cn2c(-c3ccc(Cl)cc3)nc3ccccc32)n1CCN1CCCCC1. The molecule has 0 unspecified atom stereocenters. The summed E-state index contributed by atoms with van der Waals surface area (Å²) in [6, 6.07) is 16.0. The first kappa shape index (κ1) is 20.4. The van der Waals surface area contributed by atoms with Gasteiger partial charge in [0, 0.05) is 23.7 Å². The second kappa shape index (κ2) is 8.94. The number of H-pyrrole nitrogens is 1. The summed E-state index contributed by atoms with van der Waals surface area (Å²) in [4.78, 5) is 7.42. The summed E-state index contributed by atoms with van der Waals surface area (Å²) in [6.07, 6.45) is 3.91. The van der Waals surface area contributed by atoms with Crippen molar-refractivity contribution < 1.29 is 0 Å². The van der Waals surface area contributed by atoms with E-state index in [0.29, 0.717) is 16.3 Å². The number of piperidine rings is 1. The number of hydrogen-bond acceptors (Lipinski definition) is 4. The van der Waals surface area contributed by atoms with Crippen LogP contribution in [-0.2, 0) is 13.1 Å². The summed E-state index contributed by atoms with van der Waals surface area (Å²) in [7, 11) is 0. The van der Waals surface area contributed by atoms with Gasteiger partial charge < -0.3 is 14.0 Å². The van der Waals surface area contributed by atoms with Gasteiger partial charge in [0.1, 0.15) is 5.82 Å². The summed E-state index contributed by atoms with van der Waals surface area (Å²) in [5.41, 5.74) is 3.06. The van der Waals surface area contributed by atoms with E-state index >= 15 is 0 Å². The van der Waals surface area contributed by atoms with Gasteiger partial charge in [-0.25, -0.2) is 4.98 Å². The number of halogens is 1. The van der Waals surface area contributed by atoms with Crippen molar-refractivity contribution in [2.24, 2.45) is 0 Å². The number of benzene rings is 2. The summed E-state index contributed by atoms with van der Waals surface area (Å²) in [6.45, 7) is 4.77. The predicted molar refractivity (Wildman–Crippen MR) is 127 cm³/mol. The first-order valence-electron chi connectivity index (χ1n) is 10.8. The van der Waals surface area contributed by atoms with Gasteiger partial charge in [-0.05, 0) is 74.5 Å². The van der Waals surface area contributed by atoms with Gasteiger partial charge in [-0.1, -0.05) is 30.2 Å². The molecule has 5 rings (SSSR count). The van der Waals surface area contributed by atoms with E-state index in [-0.39, 0.29) is 0 Å². The van der Waals surface area contributed by atoms with E-state index in [2.05, 4.69) is 30.3 Å². The molecule has 2 aromatic carbocycles. The number of nitrogens with zero attached hydrogens (tertiary/aromatic N) is 5. The van der Waals surface area contributed by atoms with Crippen LogP contribution in [0.25, 0.3) is 22.4 Å². The first-order chi connectivity index (χ1) is 15.2. The number of hydrogen-bond donors (Lipinski definition) is 1. The van der Waals surface area contributed by atoms with Crippen LogP contribution in [0.4, 0.5) is 0 Å². The topological polar surface area (TPSA) is 54.7 Å². The van der Waals surface area contributed by atoms with E-state index in [0.717, 1.165) is 41.3 Å². The minimum Gasteiger partial charge on any atom is -0.316 e. The van der Waals surface area contributed by atoms with E-state index in [9.17, 15) is 0 Å². The summed E-state index contributed by atoms with van der Waals surface area (Å²) in [5, 5.41) is 8.28. The highest BCUT2D eigenvalue weighted by Gasteiger charge is 2.17. The third-order valence-electron chi connectivity index (χ3n) is 5.98. The van der Waals surface area contributed by atoms with Gasteiger partial charge >= 0.3 is 0 Å². The molecular weight excluding hydrogens is 428 g/mol. The number of aromatic amines is 1. The zero-order chi connectivity index (χ0) is 21.2. The molecule has 3 heterocycles. The van der Waals surface area contributed by atoms with E-state index < -0.39 is 0 Å². The lowest BCUT2D eigenvalue weighted by Crippen LogP contribution is -2.33. The quantitative estimate of drug-likeness (QED) is 0.411. The van der Waals surface area contributed by atoms with E-state index in [1.54, 1.807) is 0 Å². The smallest absolute Gasteiger partial charge is 0.195 e. The van der Waals surface area contributed by atoms with E-state index in [4.69, 9.17) is 28.8 Å². The molecule has 1 aliphatic rings. The molecule has 0 radical (unpaired) electrons. The van der Waals surface area contributed by atoms with Crippen LogP contribution in [0, 0.1) is 4.77 Å². The van der Waals surface area contributed by atoms with Crippen LogP contribution in [0.5, 0.6) is 0 Å². The predicted octanol–water partition coefficient (Wildman–Crippen LogP) is 5.14. The molecule has 0 amide bonds. The Bertz CT molecular complexity index is 1230. The normalized spacial score (nSPS) is 15.0. The zero-order valence-corrected chi connectivity index (χ0v) is 18.9. The van der Waals surface area contributed by atoms with Crippen LogP contribution in [-0.4, -0.2) is 48.8 Å². The minimum atomic E-state index is 0.589. The maximum atomic E-state index is 6.11. The molecule has 1 fully saturated rings. The fourth-order valence-electron chi connectivity index (χ4n) is 4.32. The minimum absolute atomic E-state index is 0.589. The Morgan fingerprint density at radius 3 is 2.52 bits per heavy atom. The van der Waals surface area contributed by atoms with Crippen molar-refractivity contribution in [1.29, 1.82) is 0 Å². The largest absolute Gasteiger partial charge is 0.316 e. The van der Waals surface area contributed by atoms with Crippen molar-refractivity contribution in [3.8, 4) is 11.4 Å². The number of rotatable bonds is 6. The lowest BCUT2D eigenvalue weighted by molar-refractivity contribution is 0.219. The summed E-state index contributed by atoms with van der Waals surface area (Å²) < 4.78 is 5.01. The van der Waals surface area contributed by atoms with Gasteiger partial charge in [0.05, 0.1) is 17.6 Å². The Morgan fingerprint density at radius 1 is 0.935 bits per heavy atom. The molecule has 0 atom stereocenters. The van der Waals surface area contributed by atoms with Crippen molar-refractivity contribution >= 4 is 34.9 Å². The fourth-order valence-corrected chi connectivity index (χ4v) is 4.69. The molecule has 0 spiro atoms. The van der Waals surface area contributed by atoms with Crippen molar-refractivity contribution in [2.45, 2.75) is 32.4 Å². The summed E-state index contributed by atoms with van der Waals surface area (Å²) >= 11 is 11.7.